The van der Waals surface area contributed by atoms with Crippen molar-refractivity contribution in [2.24, 2.45) is 50.2 Å². The molecule has 67 heavy (non-hydrogen) atoms. The molecule has 3 aliphatic heterocycles. The number of aliphatic hydroxyl groups excluding tert-OH is 10. The minimum Gasteiger partial charge on any atom is -0.479 e. The van der Waals surface area contributed by atoms with E-state index < -0.39 is 145 Å². The van der Waals surface area contributed by atoms with Crippen LogP contribution in [0, 0.1) is 50.2 Å². The van der Waals surface area contributed by atoms with E-state index in [4.69, 9.17) is 28.4 Å². The van der Waals surface area contributed by atoms with Gasteiger partial charge in [0.1, 0.15) is 66.5 Å². The first kappa shape index (κ1) is 51.4. The van der Waals surface area contributed by atoms with Crippen LogP contribution < -0.4 is 0 Å². The van der Waals surface area contributed by atoms with E-state index in [1.54, 1.807) is 0 Å². The van der Waals surface area contributed by atoms with Crippen molar-refractivity contribution in [1.82, 2.24) is 0 Å². The summed E-state index contributed by atoms with van der Waals surface area (Å²) >= 11 is 0. The predicted molar refractivity (Wildman–Crippen MR) is 231 cm³/mol. The van der Waals surface area contributed by atoms with Crippen molar-refractivity contribution in [2.75, 3.05) is 6.61 Å². The molecule has 382 valence electrons. The minimum absolute atomic E-state index is 0.0415. The van der Waals surface area contributed by atoms with Gasteiger partial charge in [0, 0.05) is 0 Å². The normalized spacial score (nSPS) is 53.7. The number of esters is 1. The molecule has 5 aliphatic carbocycles. The number of hydrogen-bond donors (Lipinski definition) is 11. The summed E-state index contributed by atoms with van der Waals surface area (Å²) in [6.45, 7) is 16.1. The zero-order chi connectivity index (χ0) is 49.3. The lowest BCUT2D eigenvalue weighted by Crippen LogP contribution is -2.68. The van der Waals surface area contributed by atoms with Crippen LogP contribution in [0.3, 0.4) is 0 Å². The molecule has 4 saturated carbocycles. The number of allylic oxidation sites excluding steroid dienone is 2. The van der Waals surface area contributed by atoms with E-state index >= 15 is 0 Å². The average Bonchev–Trinajstić information content (AvgIpc) is 3.25. The number of carboxylic acid groups (broad SMARTS) is 1. The Morgan fingerprint density at radius 3 is 2.00 bits per heavy atom. The quantitative estimate of drug-likeness (QED) is 0.0882. The number of rotatable bonds is 8. The number of fused-ring (bicyclic) bond motifs is 7. The maximum Gasteiger partial charge on any atom is 0.335 e. The Balaban J connectivity index is 1.07. The van der Waals surface area contributed by atoms with Gasteiger partial charge in [0.05, 0.1) is 24.9 Å². The third-order valence-electron chi connectivity index (χ3n) is 19.3. The summed E-state index contributed by atoms with van der Waals surface area (Å²) in [6, 6.07) is 0. The zero-order valence-electron chi connectivity index (χ0n) is 39.9. The number of ether oxygens (including phenoxy) is 6. The highest BCUT2D eigenvalue weighted by Crippen LogP contribution is 2.76. The average molecular weight is 957 g/mol. The molecule has 0 unspecified atom stereocenters. The SMILES string of the molecule is C[C@@H]1O[C@@H](O[C@H]2[C@H](O[C@H]3CC[C@]4(C)[C@H]5CC=C6[C@@H]7CC(C)(C)CC[C@]7(C(=O)O[C@@H]7O[C@H](CO)[C@@H](O)[C@H](O)[C@H]7O)[C@H](O)C[C@@]6(C)[C@]5(C)CC[C@H]4C3(C)C)O[C@H](C(=O)O)[C@@H](O)[C@@H]2O)[C@H](O)[C@H](O)[C@H]1O. The summed E-state index contributed by atoms with van der Waals surface area (Å²) in [6.07, 6.45) is -18.7. The smallest absolute Gasteiger partial charge is 0.335 e. The molecule has 19 nitrogen and oxygen atoms in total. The molecule has 24 atom stereocenters. The zero-order valence-corrected chi connectivity index (χ0v) is 39.9. The summed E-state index contributed by atoms with van der Waals surface area (Å²) in [7, 11) is 0. The van der Waals surface area contributed by atoms with Gasteiger partial charge in [0.25, 0.3) is 0 Å². The number of hydrogen-bond acceptors (Lipinski definition) is 18. The summed E-state index contributed by atoms with van der Waals surface area (Å²) in [5.74, 6) is -2.57. The second-order valence-corrected chi connectivity index (χ2v) is 23.6. The van der Waals surface area contributed by atoms with Crippen molar-refractivity contribution in [3.05, 3.63) is 11.6 Å². The van der Waals surface area contributed by atoms with Gasteiger partial charge in [0.15, 0.2) is 18.7 Å². The fourth-order valence-corrected chi connectivity index (χ4v) is 15.0. The molecular formula is C48H76O19. The maximum absolute atomic E-state index is 14.7. The molecule has 0 aromatic rings. The van der Waals surface area contributed by atoms with Crippen molar-refractivity contribution in [2.45, 2.75) is 218 Å². The molecule has 3 heterocycles. The number of aliphatic hydroxyl groups is 10. The molecule has 0 amide bonds. The third-order valence-corrected chi connectivity index (χ3v) is 19.3. The van der Waals surface area contributed by atoms with Gasteiger partial charge in [-0.25, -0.2) is 4.79 Å². The first-order valence-corrected chi connectivity index (χ1v) is 24.3. The maximum atomic E-state index is 14.7. The fourth-order valence-electron chi connectivity index (χ4n) is 15.0. The lowest BCUT2D eigenvalue weighted by Gasteiger charge is -2.71. The second-order valence-electron chi connectivity index (χ2n) is 23.6. The van der Waals surface area contributed by atoms with Crippen molar-refractivity contribution in [3.63, 3.8) is 0 Å². The van der Waals surface area contributed by atoms with E-state index in [9.17, 15) is 65.8 Å². The van der Waals surface area contributed by atoms with Gasteiger partial charge in [-0.15, -0.1) is 0 Å². The van der Waals surface area contributed by atoms with Crippen LogP contribution in [-0.4, -0.2) is 179 Å². The molecule has 0 bridgehead atoms. The molecule has 8 aliphatic rings. The molecule has 0 aromatic carbocycles. The van der Waals surface area contributed by atoms with Crippen LogP contribution >= 0.6 is 0 Å². The molecule has 3 saturated heterocycles. The summed E-state index contributed by atoms with van der Waals surface area (Å²) in [4.78, 5) is 27.0. The Kier molecular flexibility index (Phi) is 13.6. The van der Waals surface area contributed by atoms with Gasteiger partial charge >= 0.3 is 11.9 Å². The number of aliphatic carboxylic acids is 1. The van der Waals surface area contributed by atoms with E-state index in [2.05, 4.69) is 54.5 Å². The molecule has 0 spiro atoms. The Labute approximate surface area is 391 Å². The third kappa shape index (κ3) is 7.88. The molecule has 0 radical (unpaired) electrons. The van der Waals surface area contributed by atoms with E-state index in [-0.39, 0.29) is 34.5 Å². The Morgan fingerprint density at radius 1 is 0.687 bits per heavy atom. The van der Waals surface area contributed by atoms with Crippen LogP contribution in [0.25, 0.3) is 0 Å². The minimum atomic E-state index is -1.95. The van der Waals surface area contributed by atoms with Crippen LogP contribution in [0.15, 0.2) is 11.6 Å². The van der Waals surface area contributed by atoms with Crippen LogP contribution in [-0.2, 0) is 38.0 Å². The number of carboxylic acids is 1. The Bertz CT molecular complexity index is 1890. The highest BCUT2D eigenvalue weighted by Gasteiger charge is 2.72. The Hall–Kier alpha value is -1.92. The highest BCUT2D eigenvalue weighted by molar-refractivity contribution is 5.80. The summed E-state index contributed by atoms with van der Waals surface area (Å²) < 4.78 is 35.7. The van der Waals surface area contributed by atoms with Crippen molar-refractivity contribution in [3.8, 4) is 0 Å². The van der Waals surface area contributed by atoms with Gasteiger partial charge < -0.3 is 84.6 Å². The second kappa shape index (κ2) is 17.7. The van der Waals surface area contributed by atoms with Crippen LogP contribution in [0.1, 0.15) is 113 Å². The van der Waals surface area contributed by atoms with Crippen molar-refractivity contribution >= 4 is 11.9 Å². The summed E-state index contributed by atoms with van der Waals surface area (Å²) in [5, 5.41) is 118. The van der Waals surface area contributed by atoms with Crippen LogP contribution in [0.4, 0.5) is 0 Å². The standard InChI is InChI=1S/C48H76O19/c1-20-28(51)30(53)34(57)39(62-20)66-37-33(56)32(55)36(38(59)60)65-41(37)64-27-12-13-45(6)24(44(27,4)5)11-14-46(7)25(45)10-9-21-22-17-43(2,3)15-16-48(22,26(50)18-47(21,46)8)42(61)67-40-35(58)31(54)29(52)23(19-49)63-40/h9,20,22-37,39-41,49-58H,10-19H2,1-8H3,(H,59,60)/t20-,22-,23+,24-,25+,26+,27-,28-,29+,30+,31-,32-,33-,34+,35+,36-,37+,39-,40-,41+,45-,46+,47+,48+/m0/s1. The predicted octanol–water partition coefficient (Wildman–Crippen LogP) is 0.231. The van der Waals surface area contributed by atoms with Crippen molar-refractivity contribution in [1.29, 1.82) is 0 Å². The molecule has 7 fully saturated rings. The Morgan fingerprint density at radius 2 is 1.34 bits per heavy atom. The van der Waals surface area contributed by atoms with Gasteiger partial charge in [-0.1, -0.05) is 60.1 Å². The monoisotopic (exact) mass is 956 g/mol. The first-order chi connectivity index (χ1) is 31.1. The fraction of sp³-hybridized carbons (Fsp3) is 0.917. The number of carbonyl (C=O) groups excluding carboxylic acids is 1. The van der Waals surface area contributed by atoms with Gasteiger partial charge in [0.2, 0.25) is 6.29 Å². The summed E-state index contributed by atoms with van der Waals surface area (Å²) in [5.41, 5.74) is -2.30. The van der Waals surface area contributed by atoms with E-state index in [0.717, 1.165) is 18.4 Å². The van der Waals surface area contributed by atoms with Gasteiger partial charge in [-0.05, 0) is 110 Å². The molecule has 8 rings (SSSR count). The van der Waals surface area contributed by atoms with E-state index in [0.29, 0.717) is 38.5 Å². The molecule has 0 aromatic heterocycles. The lowest BCUT2D eigenvalue weighted by molar-refractivity contribution is -0.372. The van der Waals surface area contributed by atoms with E-state index in [1.807, 2.05) is 0 Å². The largest absolute Gasteiger partial charge is 0.479 e. The first-order valence-electron chi connectivity index (χ1n) is 24.3. The lowest BCUT2D eigenvalue weighted by atomic mass is 9.33. The van der Waals surface area contributed by atoms with Gasteiger partial charge in [-0.3, -0.25) is 4.79 Å². The molecule has 11 N–H and O–H groups in total. The van der Waals surface area contributed by atoms with Crippen molar-refractivity contribution < 1.29 is 94.2 Å². The van der Waals surface area contributed by atoms with Crippen LogP contribution in [0.5, 0.6) is 0 Å². The van der Waals surface area contributed by atoms with E-state index in [1.165, 1.54) is 6.92 Å². The van der Waals surface area contributed by atoms with Crippen LogP contribution in [0.2, 0.25) is 0 Å². The topological polar surface area (TPSA) is 312 Å². The van der Waals surface area contributed by atoms with Gasteiger partial charge in [-0.2, -0.15) is 0 Å². The molecular weight excluding hydrogens is 881 g/mol. The molecule has 19 heteroatoms. The number of carbonyl (C=O) groups is 2. The highest BCUT2D eigenvalue weighted by atomic mass is 16.8.